The highest BCUT2D eigenvalue weighted by molar-refractivity contribution is 5.88. The standard InChI is InChI=1S/C18H18/c1-2-6-16-13(5-1)14-8-7-12-11-15(12)17(14)18(16)9-3-4-10-18/h1-2,5-8,12,15H,3-4,9-11H2. The van der Waals surface area contributed by atoms with Crippen LogP contribution in [0.25, 0.3) is 5.57 Å². The molecule has 4 aliphatic carbocycles. The Bertz CT molecular complexity index is 596. The lowest BCUT2D eigenvalue weighted by molar-refractivity contribution is 0.503. The van der Waals surface area contributed by atoms with E-state index in [0.717, 1.165) is 11.8 Å². The van der Waals surface area contributed by atoms with Crippen LogP contribution in [0.3, 0.4) is 0 Å². The van der Waals surface area contributed by atoms with Gasteiger partial charge in [0.2, 0.25) is 0 Å². The van der Waals surface area contributed by atoms with Crippen LogP contribution in [-0.4, -0.2) is 0 Å². The van der Waals surface area contributed by atoms with Gasteiger partial charge in [-0.2, -0.15) is 0 Å². The molecule has 2 atom stereocenters. The highest BCUT2D eigenvalue weighted by Crippen LogP contribution is 2.65. The SMILES string of the molecule is C1=CC2CC2C2=C1c1ccccc1C21CCCC1. The Morgan fingerprint density at radius 2 is 1.89 bits per heavy atom. The van der Waals surface area contributed by atoms with Gasteiger partial charge in [0.1, 0.15) is 0 Å². The zero-order valence-electron chi connectivity index (χ0n) is 10.7. The van der Waals surface area contributed by atoms with Gasteiger partial charge in [-0.05, 0) is 53.4 Å². The van der Waals surface area contributed by atoms with Crippen molar-refractivity contribution in [3.63, 3.8) is 0 Å². The lowest BCUT2D eigenvalue weighted by atomic mass is 9.73. The van der Waals surface area contributed by atoms with Crippen LogP contribution in [0.5, 0.6) is 0 Å². The van der Waals surface area contributed by atoms with Gasteiger partial charge in [-0.3, -0.25) is 0 Å². The molecule has 5 rings (SSSR count). The average Bonchev–Trinajstić information content (AvgIpc) is 2.96. The molecule has 1 spiro atoms. The summed E-state index contributed by atoms with van der Waals surface area (Å²) in [6.07, 6.45) is 12.0. The smallest absolute Gasteiger partial charge is 0.0180 e. The quantitative estimate of drug-likeness (QED) is 0.621. The van der Waals surface area contributed by atoms with Crippen molar-refractivity contribution < 1.29 is 0 Å². The Balaban J connectivity index is 1.83. The van der Waals surface area contributed by atoms with Crippen LogP contribution in [0.2, 0.25) is 0 Å². The van der Waals surface area contributed by atoms with Gasteiger partial charge in [0, 0.05) is 5.41 Å². The predicted molar refractivity (Wildman–Crippen MR) is 74.2 cm³/mol. The van der Waals surface area contributed by atoms with Gasteiger partial charge in [0.15, 0.2) is 0 Å². The summed E-state index contributed by atoms with van der Waals surface area (Å²) in [6.45, 7) is 0. The molecule has 0 bridgehead atoms. The molecule has 4 aliphatic rings. The fraction of sp³-hybridized carbons (Fsp3) is 0.444. The van der Waals surface area contributed by atoms with Crippen molar-refractivity contribution in [1.82, 2.24) is 0 Å². The van der Waals surface area contributed by atoms with Gasteiger partial charge in [-0.15, -0.1) is 0 Å². The van der Waals surface area contributed by atoms with Crippen molar-refractivity contribution in [2.24, 2.45) is 11.8 Å². The summed E-state index contributed by atoms with van der Waals surface area (Å²) < 4.78 is 0. The van der Waals surface area contributed by atoms with Crippen LogP contribution in [0, 0.1) is 11.8 Å². The minimum Gasteiger partial charge on any atom is -0.0802 e. The molecule has 0 heterocycles. The molecule has 2 unspecified atom stereocenters. The molecule has 90 valence electrons. The van der Waals surface area contributed by atoms with E-state index in [0.29, 0.717) is 5.41 Å². The molecule has 1 aromatic carbocycles. The summed E-state index contributed by atoms with van der Waals surface area (Å²) >= 11 is 0. The van der Waals surface area contributed by atoms with Crippen LogP contribution in [0.15, 0.2) is 42.0 Å². The second-order valence-electron chi connectivity index (χ2n) is 6.53. The molecule has 0 aromatic heterocycles. The first-order valence-corrected chi connectivity index (χ1v) is 7.43. The molecule has 0 heteroatoms. The van der Waals surface area contributed by atoms with Gasteiger partial charge in [-0.1, -0.05) is 49.3 Å². The van der Waals surface area contributed by atoms with E-state index < -0.39 is 0 Å². The maximum Gasteiger partial charge on any atom is 0.0180 e. The predicted octanol–water partition coefficient (Wildman–Crippen LogP) is 4.47. The van der Waals surface area contributed by atoms with Crippen molar-refractivity contribution >= 4 is 5.57 Å². The van der Waals surface area contributed by atoms with E-state index in [1.807, 2.05) is 5.57 Å². The highest BCUT2D eigenvalue weighted by atomic mass is 14.6. The van der Waals surface area contributed by atoms with Crippen LogP contribution in [-0.2, 0) is 5.41 Å². The van der Waals surface area contributed by atoms with Crippen molar-refractivity contribution in [2.75, 3.05) is 0 Å². The maximum atomic E-state index is 2.47. The molecule has 1 aromatic rings. The first-order chi connectivity index (χ1) is 8.90. The minimum absolute atomic E-state index is 0.454. The summed E-state index contributed by atoms with van der Waals surface area (Å²) in [5, 5.41) is 0. The van der Waals surface area contributed by atoms with Crippen molar-refractivity contribution in [3.05, 3.63) is 53.1 Å². The largest absolute Gasteiger partial charge is 0.0802 e. The van der Waals surface area contributed by atoms with Crippen molar-refractivity contribution in [3.8, 4) is 0 Å². The lowest BCUT2D eigenvalue weighted by Crippen LogP contribution is -2.24. The third-order valence-electron chi connectivity index (χ3n) is 5.72. The fourth-order valence-corrected chi connectivity index (χ4v) is 4.91. The van der Waals surface area contributed by atoms with Gasteiger partial charge in [0.25, 0.3) is 0 Å². The number of fused-ring (bicyclic) bond motifs is 6. The number of rotatable bonds is 0. The molecule has 0 radical (unpaired) electrons. The zero-order chi connectivity index (χ0) is 11.7. The molecule has 0 N–H and O–H groups in total. The van der Waals surface area contributed by atoms with Gasteiger partial charge in [-0.25, -0.2) is 0 Å². The van der Waals surface area contributed by atoms with Crippen molar-refractivity contribution in [1.29, 1.82) is 0 Å². The molecule has 0 aliphatic heterocycles. The number of hydrogen-bond donors (Lipinski definition) is 0. The average molecular weight is 234 g/mol. The Morgan fingerprint density at radius 1 is 1.06 bits per heavy atom. The first kappa shape index (κ1) is 9.61. The van der Waals surface area contributed by atoms with E-state index in [4.69, 9.17) is 0 Å². The number of allylic oxidation sites excluding steroid dienone is 4. The van der Waals surface area contributed by atoms with Gasteiger partial charge >= 0.3 is 0 Å². The summed E-state index contributed by atoms with van der Waals surface area (Å²) in [6, 6.07) is 9.21. The zero-order valence-corrected chi connectivity index (χ0v) is 10.7. The maximum absolute atomic E-state index is 2.47. The van der Waals surface area contributed by atoms with E-state index in [2.05, 4.69) is 36.4 Å². The van der Waals surface area contributed by atoms with Crippen molar-refractivity contribution in [2.45, 2.75) is 37.5 Å². The molecule has 0 amide bonds. The fourth-order valence-electron chi connectivity index (χ4n) is 4.91. The molecular weight excluding hydrogens is 216 g/mol. The van der Waals surface area contributed by atoms with Gasteiger partial charge in [0.05, 0.1) is 0 Å². The lowest BCUT2D eigenvalue weighted by Gasteiger charge is -2.30. The normalized spacial score (nSPS) is 33.6. The second-order valence-corrected chi connectivity index (χ2v) is 6.53. The minimum atomic E-state index is 0.454. The molecule has 2 saturated carbocycles. The summed E-state index contributed by atoms with van der Waals surface area (Å²) in [4.78, 5) is 0. The Labute approximate surface area is 108 Å². The monoisotopic (exact) mass is 234 g/mol. The van der Waals surface area contributed by atoms with E-state index >= 15 is 0 Å². The summed E-state index contributed by atoms with van der Waals surface area (Å²) in [5.74, 6) is 1.78. The molecule has 0 nitrogen and oxygen atoms in total. The van der Waals surface area contributed by atoms with E-state index in [1.165, 1.54) is 32.1 Å². The van der Waals surface area contributed by atoms with Crippen LogP contribution < -0.4 is 0 Å². The van der Waals surface area contributed by atoms with E-state index in [1.54, 1.807) is 16.7 Å². The van der Waals surface area contributed by atoms with E-state index in [-0.39, 0.29) is 0 Å². The van der Waals surface area contributed by atoms with E-state index in [9.17, 15) is 0 Å². The molecule has 18 heavy (non-hydrogen) atoms. The molecular formula is C18H18. The number of benzene rings is 1. The Hall–Kier alpha value is -1.30. The van der Waals surface area contributed by atoms with Crippen LogP contribution in [0.4, 0.5) is 0 Å². The third-order valence-corrected chi connectivity index (χ3v) is 5.72. The summed E-state index contributed by atoms with van der Waals surface area (Å²) in [5.41, 5.74) is 7.11. The topological polar surface area (TPSA) is 0 Å². The second kappa shape index (κ2) is 2.99. The third kappa shape index (κ3) is 0.957. The molecule has 2 fully saturated rings. The Kier molecular flexibility index (Phi) is 1.59. The summed E-state index contributed by atoms with van der Waals surface area (Å²) in [7, 11) is 0. The van der Waals surface area contributed by atoms with Crippen LogP contribution >= 0.6 is 0 Å². The Morgan fingerprint density at radius 3 is 2.78 bits per heavy atom. The molecule has 0 saturated heterocycles. The van der Waals surface area contributed by atoms with Crippen LogP contribution in [0.1, 0.15) is 43.2 Å². The number of hydrogen-bond acceptors (Lipinski definition) is 0. The highest BCUT2D eigenvalue weighted by Gasteiger charge is 2.54. The first-order valence-electron chi connectivity index (χ1n) is 7.43. The van der Waals surface area contributed by atoms with Gasteiger partial charge < -0.3 is 0 Å².